The summed E-state index contributed by atoms with van der Waals surface area (Å²) in [5, 5.41) is 6.14. The maximum absolute atomic E-state index is 11.9. The molecule has 4 nitrogen and oxygen atoms in total. The van der Waals surface area contributed by atoms with E-state index in [0.717, 1.165) is 31.6 Å². The molecule has 1 aromatic carbocycles. The van der Waals surface area contributed by atoms with Gasteiger partial charge in [0.05, 0.1) is 6.04 Å². The van der Waals surface area contributed by atoms with Crippen LogP contribution in [-0.2, 0) is 4.79 Å². The number of anilines is 1. The molecule has 0 aliphatic heterocycles. The van der Waals surface area contributed by atoms with Crippen LogP contribution in [0, 0.1) is 0 Å². The Hall–Kier alpha value is -1.39. The van der Waals surface area contributed by atoms with Crippen LogP contribution in [-0.4, -0.2) is 44.0 Å². The topological polar surface area (TPSA) is 44.4 Å². The normalized spacial score (nSPS) is 12.4. The molecule has 0 saturated heterocycles. The molecule has 106 valence electrons. The van der Waals surface area contributed by atoms with Crippen molar-refractivity contribution in [1.29, 1.82) is 0 Å². The molecular formula is C15H25N3O. The van der Waals surface area contributed by atoms with Gasteiger partial charge >= 0.3 is 0 Å². The molecule has 1 atom stereocenters. The lowest BCUT2D eigenvalue weighted by Crippen LogP contribution is -2.38. The fourth-order valence-electron chi connectivity index (χ4n) is 1.74. The highest BCUT2D eigenvalue weighted by Gasteiger charge is 2.11. The second-order valence-corrected chi connectivity index (χ2v) is 5.04. The van der Waals surface area contributed by atoms with E-state index in [2.05, 4.69) is 29.6 Å². The highest BCUT2D eigenvalue weighted by molar-refractivity contribution is 5.94. The van der Waals surface area contributed by atoms with Gasteiger partial charge < -0.3 is 15.5 Å². The van der Waals surface area contributed by atoms with Crippen molar-refractivity contribution >= 4 is 11.6 Å². The molecule has 1 aromatic rings. The first-order chi connectivity index (χ1) is 9.09. The van der Waals surface area contributed by atoms with Crippen molar-refractivity contribution < 1.29 is 4.79 Å². The largest absolute Gasteiger partial charge is 0.325 e. The molecule has 1 rings (SSSR count). The fourth-order valence-corrected chi connectivity index (χ4v) is 1.74. The Kier molecular flexibility index (Phi) is 7.15. The minimum Gasteiger partial charge on any atom is -0.325 e. The Morgan fingerprint density at radius 2 is 1.89 bits per heavy atom. The van der Waals surface area contributed by atoms with Gasteiger partial charge in [0.1, 0.15) is 0 Å². The third-order valence-corrected chi connectivity index (χ3v) is 2.92. The van der Waals surface area contributed by atoms with Gasteiger partial charge in [0, 0.05) is 5.69 Å². The number of carbonyl (C=O) groups is 1. The molecule has 0 saturated carbocycles. The van der Waals surface area contributed by atoms with E-state index in [0.29, 0.717) is 0 Å². The molecule has 0 aliphatic rings. The molecule has 0 fully saturated rings. The van der Waals surface area contributed by atoms with Crippen LogP contribution < -0.4 is 10.6 Å². The van der Waals surface area contributed by atoms with Crippen molar-refractivity contribution in [3.8, 4) is 0 Å². The smallest absolute Gasteiger partial charge is 0.241 e. The van der Waals surface area contributed by atoms with E-state index in [1.165, 1.54) is 0 Å². The maximum Gasteiger partial charge on any atom is 0.241 e. The molecule has 0 aromatic heterocycles. The number of rotatable bonds is 8. The quantitative estimate of drug-likeness (QED) is 0.705. The summed E-state index contributed by atoms with van der Waals surface area (Å²) in [5.74, 6) is 0.0128. The number of hydrogen-bond donors (Lipinski definition) is 2. The first-order valence-corrected chi connectivity index (χ1v) is 6.83. The molecule has 0 aliphatic carbocycles. The summed E-state index contributed by atoms with van der Waals surface area (Å²) in [6, 6.07) is 9.37. The van der Waals surface area contributed by atoms with Crippen LogP contribution in [0.5, 0.6) is 0 Å². The first kappa shape index (κ1) is 15.7. The molecule has 2 N–H and O–H groups in total. The monoisotopic (exact) mass is 263 g/mol. The number of amides is 1. The van der Waals surface area contributed by atoms with E-state index in [1.807, 2.05) is 37.3 Å². The average molecular weight is 263 g/mol. The van der Waals surface area contributed by atoms with Crippen molar-refractivity contribution in [3.05, 3.63) is 30.3 Å². The summed E-state index contributed by atoms with van der Waals surface area (Å²) in [4.78, 5) is 14.1. The Balaban J connectivity index is 2.18. The maximum atomic E-state index is 11.9. The number of nitrogens with one attached hydrogen (secondary N) is 2. The van der Waals surface area contributed by atoms with E-state index in [1.54, 1.807) is 0 Å². The van der Waals surface area contributed by atoms with Gasteiger partial charge in [-0.1, -0.05) is 18.2 Å². The number of nitrogens with zero attached hydrogens (tertiary/aromatic N) is 1. The van der Waals surface area contributed by atoms with E-state index in [9.17, 15) is 4.79 Å². The van der Waals surface area contributed by atoms with Gasteiger partial charge in [0.2, 0.25) is 5.91 Å². The van der Waals surface area contributed by atoms with Crippen LogP contribution in [0.3, 0.4) is 0 Å². The van der Waals surface area contributed by atoms with E-state index in [-0.39, 0.29) is 11.9 Å². The minimum atomic E-state index is -0.167. The van der Waals surface area contributed by atoms with Gasteiger partial charge in [0.25, 0.3) is 0 Å². The molecule has 0 radical (unpaired) electrons. The van der Waals surface area contributed by atoms with Crippen LogP contribution in [0.1, 0.15) is 19.8 Å². The molecule has 1 unspecified atom stereocenters. The Labute approximate surface area is 116 Å². The van der Waals surface area contributed by atoms with E-state index < -0.39 is 0 Å². The van der Waals surface area contributed by atoms with Crippen LogP contribution in [0.25, 0.3) is 0 Å². The lowest BCUT2D eigenvalue weighted by Gasteiger charge is -2.14. The second kappa shape index (κ2) is 8.67. The Morgan fingerprint density at radius 1 is 1.21 bits per heavy atom. The van der Waals surface area contributed by atoms with Gasteiger partial charge in [-0.05, 0) is 59.1 Å². The Morgan fingerprint density at radius 3 is 2.53 bits per heavy atom. The fraction of sp³-hybridized carbons (Fsp3) is 0.533. The number of para-hydroxylation sites is 1. The van der Waals surface area contributed by atoms with E-state index >= 15 is 0 Å². The third-order valence-electron chi connectivity index (χ3n) is 2.92. The van der Waals surface area contributed by atoms with Crippen LogP contribution in [0.15, 0.2) is 30.3 Å². The van der Waals surface area contributed by atoms with Crippen LogP contribution in [0.4, 0.5) is 5.69 Å². The van der Waals surface area contributed by atoms with Crippen molar-refractivity contribution in [2.45, 2.75) is 25.8 Å². The lowest BCUT2D eigenvalue weighted by atomic mass is 10.2. The van der Waals surface area contributed by atoms with Crippen molar-refractivity contribution in [3.63, 3.8) is 0 Å². The van der Waals surface area contributed by atoms with Crippen molar-refractivity contribution in [1.82, 2.24) is 10.2 Å². The molecular weight excluding hydrogens is 238 g/mol. The van der Waals surface area contributed by atoms with Crippen LogP contribution in [0.2, 0.25) is 0 Å². The lowest BCUT2D eigenvalue weighted by molar-refractivity contribution is -0.117. The van der Waals surface area contributed by atoms with E-state index in [4.69, 9.17) is 0 Å². The summed E-state index contributed by atoms with van der Waals surface area (Å²) in [6.07, 6.45) is 2.23. The van der Waals surface area contributed by atoms with Crippen molar-refractivity contribution in [2.24, 2.45) is 0 Å². The Bertz CT molecular complexity index is 365. The number of unbranched alkanes of at least 4 members (excludes halogenated alkanes) is 1. The second-order valence-electron chi connectivity index (χ2n) is 5.04. The number of hydrogen-bond acceptors (Lipinski definition) is 3. The van der Waals surface area contributed by atoms with Crippen molar-refractivity contribution in [2.75, 3.05) is 32.5 Å². The van der Waals surface area contributed by atoms with Gasteiger partial charge in [-0.3, -0.25) is 4.79 Å². The zero-order chi connectivity index (χ0) is 14.1. The minimum absolute atomic E-state index is 0.0128. The summed E-state index contributed by atoms with van der Waals surface area (Å²) in [6.45, 7) is 3.85. The third kappa shape index (κ3) is 6.94. The highest BCUT2D eigenvalue weighted by atomic mass is 16.2. The summed E-state index contributed by atoms with van der Waals surface area (Å²) >= 11 is 0. The molecule has 0 heterocycles. The van der Waals surface area contributed by atoms with Gasteiger partial charge in [0.15, 0.2) is 0 Å². The standard InChI is InChI=1S/C15H25N3O/c1-13(16-11-7-8-12-18(2)3)15(19)17-14-9-5-4-6-10-14/h4-6,9-10,13,16H,7-8,11-12H2,1-3H3,(H,17,19). The predicted octanol–water partition coefficient (Wildman–Crippen LogP) is 1.94. The number of carbonyl (C=O) groups excluding carboxylic acids is 1. The highest BCUT2D eigenvalue weighted by Crippen LogP contribution is 2.05. The van der Waals surface area contributed by atoms with Gasteiger partial charge in [-0.2, -0.15) is 0 Å². The zero-order valence-corrected chi connectivity index (χ0v) is 12.1. The summed E-state index contributed by atoms with van der Waals surface area (Å²) < 4.78 is 0. The van der Waals surface area contributed by atoms with Gasteiger partial charge in [-0.15, -0.1) is 0 Å². The average Bonchev–Trinajstić information content (AvgIpc) is 2.38. The summed E-state index contributed by atoms with van der Waals surface area (Å²) in [7, 11) is 4.15. The van der Waals surface area contributed by atoms with Crippen LogP contribution >= 0.6 is 0 Å². The first-order valence-electron chi connectivity index (χ1n) is 6.83. The molecule has 19 heavy (non-hydrogen) atoms. The summed E-state index contributed by atoms with van der Waals surface area (Å²) in [5.41, 5.74) is 0.841. The molecule has 0 bridgehead atoms. The number of benzene rings is 1. The molecule has 4 heteroatoms. The SMILES string of the molecule is CC(NCCCCN(C)C)C(=O)Nc1ccccc1. The molecule has 1 amide bonds. The zero-order valence-electron chi connectivity index (χ0n) is 12.1. The molecule has 0 spiro atoms. The predicted molar refractivity (Wildman–Crippen MR) is 80.3 cm³/mol. The van der Waals surface area contributed by atoms with Gasteiger partial charge in [-0.25, -0.2) is 0 Å².